The number of sulfonamides is 1. The molecule has 0 atom stereocenters. The summed E-state index contributed by atoms with van der Waals surface area (Å²) in [4.78, 5) is 30.9. The number of hydrogen-bond acceptors (Lipinski definition) is 8. The van der Waals surface area contributed by atoms with E-state index in [0.29, 0.717) is 25.0 Å². The summed E-state index contributed by atoms with van der Waals surface area (Å²) in [7, 11) is -4.64. The summed E-state index contributed by atoms with van der Waals surface area (Å²) in [6.45, 7) is 1.69. The molecule has 26 heavy (non-hydrogen) atoms. The Labute approximate surface area is 148 Å². The highest BCUT2D eigenvalue weighted by molar-refractivity contribution is 7.90. The van der Waals surface area contributed by atoms with E-state index in [4.69, 9.17) is 4.74 Å². The number of nitro benzene ring substituents is 2. The summed E-state index contributed by atoms with van der Waals surface area (Å²) in [5.41, 5.74) is -2.46. The molecule has 0 bridgehead atoms. The van der Waals surface area contributed by atoms with Crippen LogP contribution in [0.3, 0.4) is 0 Å². The van der Waals surface area contributed by atoms with Crippen molar-refractivity contribution in [3.05, 3.63) is 38.4 Å². The lowest BCUT2D eigenvalue weighted by Gasteiger charge is -2.32. The van der Waals surface area contributed by atoms with Crippen LogP contribution in [0.4, 0.5) is 16.2 Å². The summed E-state index contributed by atoms with van der Waals surface area (Å²) >= 11 is 0. The van der Waals surface area contributed by atoms with Crippen molar-refractivity contribution >= 4 is 27.5 Å². The lowest BCUT2D eigenvalue weighted by atomic mass is 9.86. The average molecular weight is 387 g/mol. The van der Waals surface area contributed by atoms with Gasteiger partial charge in [0.25, 0.3) is 21.4 Å². The Hall–Kier alpha value is -2.76. The highest BCUT2D eigenvalue weighted by Crippen LogP contribution is 2.32. The van der Waals surface area contributed by atoms with Gasteiger partial charge in [-0.15, -0.1) is 0 Å². The van der Waals surface area contributed by atoms with Crippen LogP contribution in [0.1, 0.15) is 39.0 Å². The zero-order valence-corrected chi connectivity index (χ0v) is 14.7. The van der Waals surface area contributed by atoms with Crippen molar-refractivity contribution < 1.29 is 27.8 Å². The zero-order chi connectivity index (χ0) is 19.5. The fraction of sp³-hybridized carbons (Fsp3) is 0.500. The summed E-state index contributed by atoms with van der Waals surface area (Å²) in [6.07, 6.45) is 2.58. The zero-order valence-electron chi connectivity index (χ0n) is 13.8. The van der Waals surface area contributed by atoms with Gasteiger partial charge in [-0.2, -0.15) is 0 Å². The van der Waals surface area contributed by atoms with Crippen LogP contribution in [0.15, 0.2) is 23.1 Å². The van der Waals surface area contributed by atoms with E-state index < -0.39 is 47.8 Å². The third-order valence-corrected chi connectivity index (χ3v) is 5.47. The molecule has 12 heteroatoms. The molecule has 0 unspecified atom stereocenters. The molecule has 1 N–H and O–H groups in total. The van der Waals surface area contributed by atoms with Crippen LogP contribution in [0.25, 0.3) is 0 Å². The molecule has 0 spiro atoms. The normalized spacial score (nSPS) is 16.5. The molecule has 11 nitrogen and oxygen atoms in total. The molecule has 0 radical (unpaired) electrons. The van der Waals surface area contributed by atoms with Gasteiger partial charge < -0.3 is 4.74 Å². The molecular weight excluding hydrogens is 370 g/mol. The van der Waals surface area contributed by atoms with Gasteiger partial charge in [0.15, 0.2) is 4.90 Å². The van der Waals surface area contributed by atoms with Crippen molar-refractivity contribution in [3.63, 3.8) is 0 Å². The first-order valence-corrected chi connectivity index (χ1v) is 9.21. The van der Waals surface area contributed by atoms with Crippen molar-refractivity contribution in [2.75, 3.05) is 0 Å². The largest absolute Gasteiger partial charge is 0.443 e. The highest BCUT2D eigenvalue weighted by Gasteiger charge is 2.34. The molecule has 0 saturated heterocycles. The van der Waals surface area contributed by atoms with E-state index in [0.717, 1.165) is 25.3 Å². The van der Waals surface area contributed by atoms with E-state index in [1.165, 1.54) is 0 Å². The number of nitrogens with zero attached hydrogens (tertiary/aromatic N) is 2. The van der Waals surface area contributed by atoms with Crippen LogP contribution in [-0.4, -0.2) is 30.0 Å². The Kier molecular flexibility index (Phi) is 5.44. The molecule has 0 heterocycles. The average Bonchev–Trinajstić information content (AvgIpc) is 2.53. The first-order valence-electron chi connectivity index (χ1n) is 7.73. The highest BCUT2D eigenvalue weighted by atomic mass is 32.2. The smallest absolute Gasteiger partial charge is 0.421 e. The minimum atomic E-state index is -4.64. The SMILES string of the molecule is CC1(OC(=O)NS(=O)(=O)c2ccc([N+](=O)[O-])cc2[N+](=O)[O-])CCCCC1. The number of hydrogen-bond donors (Lipinski definition) is 1. The number of carbonyl (C=O) groups excluding carboxylic acids is 1. The van der Waals surface area contributed by atoms with Crippen LogP contribution in [0.2, 0.25) is 0 Å². The second-order valence-electron chi connectivity index (χ2n) is 6.17. The van der Waals surface area contributed by atoms with Gasteiger partial charge in [0.2, 0.25) is 0 Å². The van der Waals surface area contributed by atoms with E-state index in [9.17, 15) is 33.4 Å². The van der Waals surface area contributed by atoms with Gasteiger partial charge in [-0.25, -0.2) is 17.9 Å². The molecule has 1 aromatic carbocycles. The third kappa shape index (κ3) is 4.45. The number of amides is 1. The predicted molar refractivity (Wildman–Crippen MR) is 88.0 cm³/mol. The minimum absolute atomic E-state index is 0.516. The van der Waals surface area contributed by atoms with Gasteiger partial charge in [-0.05, 0) is 38.7 Å². The van der Waals surface area contributed by atoms with Crippen LogP contribution in [-0.2, 0) is 14.8 Å². The summed E-state index contributed by atoms with van der Waals surface area (Å²) in [5, 5.41) is 21.8. The number of nitrogens with one attached hydrogen (secondary N) is 1. The molecule has 0 aliphatic heterocycles. The fourth-order valence-electron chi connectivity index (χ4n) is 2.80. The monoisotopic (exact) mass is 387 g/mol. The van der Waals surface area contributed by atoms with Crippen LogP contribution in [0, 0.1) is 20.2 Å². The van der Waals surface area contributed by atoms with E-state index in [1.807, 2.05) is 0 Å². The van der Waals surface area contributed by atoms with E-state index in [-0.39, 0.29) is 0 Å². The topological polar surface area (TPSA) is 159 Å². The molecular formula is C14H17N3O8S. The van der Waals surface area contributed by atoms with Gasteiger partial charge in [-0.1, -0.05) is 6.42 Å². The molecule has 2 rings (SSSR count). The Bertz CT molecular complexity index is 846. The molecule has 0 aromatic heterocycles. The minimum Gasteiger partial charge on any atom is -0.443 e. The van der Waals surface area contributed by atoms with E-state index >= 15 is 0 Å². The second-order valence-corrected chi connectivity index (χ2v) is 7.82. The van der Waals surface area contributed by atoms with Crippen molar-refractivity contribution in [2.45, 2.75) is 49.5 Å². The summed E-state index contributed by atoms with van der Waals surface area (Å²) in [6, 6.07) is 2.02. The maximum absolute atomic E-state index is 12.3. The van der Waals surface area contributed by atoms with E-state index in [2.05, 4.69) is 0 Å². The van der Waals surface area contributed by atoms with Gasteiger partial charge in [0, 0.05) is 6.07 Å². The molecule has 1 fully saturated rings. The molecule has 142 valence electrons. The molecule has 1 amide bonds. The molecule has 1 aliphatic carbocycles. The fourth-order valence-corrected chi connectivity index (χ4v) is 3.83. The van der Waals surface area contributed by atoms with Gasteiger partial charge in [0.1, 0.15) is 5.60 Å². The van der Waals surface area contributed by atoms with Crippen molar-refractivity contribution in [1.82, 2.24) is 4.72 Å². The lowest BCUT2D eigenvalue weighted by Crippen LogP contribution is -2.40. The quantitative estimate of drug-likeness (QED) is 0.596. The van der Waals surface area contributed by atoms with Crippen molar-refractivity contribution in [2.24, 2.45) is 0 Å². The number of benzene rings is 1. The predicted octanol–water partition coefficient (Wildman–Crippen LogP) is 2.64. The Morgan fingerprint density at radius 1 is 1.15 bits per heavy atom. The van der Waals surface area contributed by atoms with Gasteiger partial charge in [-0.3, -0.25) is 20.2 Å². The number of carbonyl (C=O) groups is 1. The van der Waals surface area contributed by atoms with Gasteiger partial charge in [0.05, 0.1) is 15.9 Å². The maximum atomic E-state index is 12.3. The Morgan fingerprint density at radius 3 is 2.31 bits per heavy atom. The van der Waals surface area contributed by atoms with Crippen LogP contribution in [0.5, 0.6) is 0 Å². The standard InChI is InChI=1S/C14H17N3O8S/c1-14(7-3-2-4-8-14)25-13(18)15-26(23,24)12-6-5-10(16(19)20)9-11(12)17(21)22/h5-6,9H,2-4,7-8H2,1H3,(H,15,18). The van der Waals surface area contributed by atoms with E-state index in [1.54, 1.807) is 11.6 Å². The second kappa shape index (κ2) is 7.23. The molecule has 1 saturated carbocycles. The van der Waals surface area contributed by atoms with Crippen molar-refractivity contribution in [3.8, 4) is 0 Å². The summed E-state index contributed by atoms with van der Waals surface area (Å²) < 4.78 is 31.4. The van der Waals surface area contributed by atoms with Gasteiger partial charge >= 0.3 is 6.09 Å². The molecule has 1 aliphatic rings. The number of rotatable bonds is 5. The first kappa shape index (κ1) is 19.6. The Balaban J connectivity index is 2.25. The number of ether oxygens (including phenoxy) is 1. The number of non-ortho nitro benzene ring substituents is 1. The van der Waals surface area contributed by atoms with Crippen molar-refractivity contribution in [1.29, 1.82) is 0 Å². The lowest BCUT2D eigenvalue weighted by molar-refractivity contribution is -0.396. The maximum Gasteiger partial charge on any atom is 0.421 e. The summed E-state index contributed by atoms with van der Waals surface area (Å²) in [5.74, 6) is 0. The molecule has 1 aromatic rings. The van der Waals surface area contributed by atoms with Crippen LogP contribution < -0.4 is 4.72 Å². The number of nitro groups is 2. The third-order valence-electron chi connectivity index (χ3n) is 4.11. The van der Waals surface area contributed by atoms with Crippen LogP contribution >= 0.6 is 0 Å². The first-order chi connectivity index (χ1) is 12.0. The Morgan fingerprint density at radius 2 is 1.77 bits per heavy atom.